The molecule has 0 amide bonds. The van der Waals surface area contributed by atoms with Crippen LogP contribution in [0.4, 0.5) is 5.69 Å². The second kappa shape index (κ2) is 7.36. The van der Waals surface area contributed by atoms with Crippen molar-refractivity contribution in [1.29, 1.82) is 5.26 Å². The van der Waals surface area contributed by atoms with E-state index < -0.39 is 10.0 Å². The molecule has 0 bridgehead atoms. The molecule has 1 heterocycles. The summed E-state index contributed by atoms with van der Waals surface area (Å²) in [6, 6.07) is 14.5. The van der Waals surface area contributed by atoms with Crippen molar-refractivity contribution in [2.24, 2.45) is 0 Å². The first-order chi connectivity index (χ1) is 12.5. The van der Waals surface area contributed by atoms with Crippen molar-refractivity contribution in [2.45, 2.75) is 11.8 Å². The number of rotatable bonds is 4. The smallest absolute Gasteiger partial charge is 0.243 e. The Morgan fingerprint density at radius 3 is 2.38 bits per heavy atom. The highest BCUT2D eigenvalue weighted by atomic mass is 32.2. The second-order valence-electron chi connectivity index (χ2n) is 6.15. The number of hydrogen-bond donors (Lipinski definition) is 0. The van der Waals surface area contributed by atoms with Gasteiger partial charge >= 0.3 is 0 Å². The molecule has 2 aromatic rings. The third-order valence-electron chi connectivity index (χ3n) is 4.61. The molecule has 1 aliphatic rings. The number of ether oxygens (including phenoxy) is 1. The Morgan fingerprint density at radius 2 is 1.77 bits per heavy atom. The summed E-state index contributed by atoms with van der Waals surface area (Å²) in [5.41, 5.74) is 2.25. The molecule has 0 spiro atoms. The van der Waals surface area contributed by atoms with Gasteiger partial charge in [0.15, 0.2) is 0 Å². The number of hydrogen-bond acceptors (Lipinski definition) is 5. The predicted molar refractivity (Wildman–Crippen MR) is 99.9 cm³/mol. The molecule has 1 aliphatic heterocycles. The maximum atomic E-state index is 12.9. The zero-order valence-corrected chi connectivity index (χ0v) is 15.7. The van der Waals surface area contributed by atoms with Crippen molar-refractivity contribution < 1.29 is 13.2 Å². The third-order valence-corrected chi connectivity index (χ3v) is 6.50. The van der Waals surface area contributed by atoms with Crippen molar-refractivity contribution in [1.82, 2.24) is 4.31 Å². The molecule has 0 aromatic heterocycles. The van der Waals surface area contributed by atoms with Crippen molar-refractivity contribution in [3.63, 3.8) is 0 Å². The molecule has 0 atom stereocenters. The minimum absolute atomic E-state index is 0.279. The summed E-state index contributed by atoms with van der Waals surface area (Å²) in [6.07, 6.45) is 0. The van der Waals surface area contributed by atoms with E-state index in [4.69, 9.17) is 4.74 Å². The number of piperazine rings is 1. The van der Waals surface area contributed by atoms with Gasteiger partial charge in [-0.3, -0.25) is 0 Å². The Hall–Kier alpha value is -2.56. The van der Waals surface area contributed by atoms with Crippen LogP contribution in [0.3, 0.4) is 0 Å². The zero-order valence-electron chi connectivity index (χ0n) is 14.8. The van der Waals surface area contributed by atoms with Crippen LogP contribution in [0.2, 0.25) is 0 Å². The van der Waals surface area contributed by atoms with E-state index in [1.54, 1.807) is 31.4 Å². The molecule has 0 N–H and O–H groups in total. The Labute approximate surface area is 154 Å². The van der Waals surface area contributed by atoms with Crippen LogP contribution in [0.5, 0.6) is 5.75 Å². The summed E-state index contributed by atoms with van der Waals surface area (Å²) >= 11 is 0. The van der Waals surface area contributed by atoms with E-state index >= 15 is 0 Å². The van der Waals surface area contributed by atoms with Crippen LogP contribution in [0.25, 0.3) is 0 Å². The Balaban J connectivity index is 1.77. The Morgan fingerprint density at radius 1 is 1.08 bits per heavy atom. The van der Waals surface area contributed by atoms with E-state index in [9.17, 15) is 13.7 Å². The van der Waals surface area contributed by atoms with Gasteiger partial charge in [-0.2, -0.15) is 9.57 Å². The van der Waals surface area contributed by atoms with E-state index in [2.05, 4.69) is 11.0 Å². The quantitative estimate of drug-likeness (QED) is 0.825. The molecule has 0 aliphatic carbocycles. The number of benzene rings is 2. The predicted octanol–water partition coefficient (Wildman–Crippen LogP) is 2.39. The minimum atomic E-state index is -3.54. The SMILES string of the molecule is COc1ccc(S(=O)(=O)N2CCN(c3ccccc3C#N)CC2)cc1C. The lowest BCUT2D eigenvalue weighted by molar-refractivity contribution is 0.384. The molecular formula is C19H21N3O3S. The number of anilines is 1. The van der Waals surface area contributed by atoms with E-state index in [1.807, 2.05) is 25.1 Å². The molecular weight excluding hydrogens is 350 g/mol. The van der Waals surface area contributed by atoms with Crippen molar-refractivity contribution in [3.8, 4) is 11.8 Å². The molecule has 7 heteroatoms. The van der Waals surface area contributed by atoms with Crippen molar-refractivity contribution in [2.75, 3.05) is 38.2 Å². The van der Waals surface area contributed by atoms with Crippen LogP contribution in [0.1, 0.15) is 11.1 Å². The Bertz CT molecular complexity index is 943. The molecule has 3 rings (SSSR count). The normalized spacial score (nSPS) is 15.5. The maximum absolute atomic E-state index is 12.9. The number of sulfonamides is 1. The topological polar surface area (TPSA) is 73.6 Å². The highest BCUT2D eigenvalue weighted by Gasteiger charge is 2.29. The molecule has 1 saturated heterocycles. The largest absolute Gasteiger partial charge is 0.496 e. The fourth-order valence-electron chi connectivity index (χ4n) is 3.17. The highest BCUT2D eigenvalue weighted by molar-refractivity contribution is 7.89. The van der Waals surface area contributed by atoms with Crippen LogP contribution in [-0.2, 0) is 10.0 Å². The van der Waals surface area contributed by atoms with Crippen LogP contribution < -0.4 is 9.64 Å². The summed E-state index contributed by atoms with van der Waals surface area (Å²) in [4.78, 5) is 2.34. The van der Waals surface area contributed by atoms with Crippen LogP contribution in [-0.4, -0.2) is 46.0 Å². The molecule has 0 saturated carbocycles. The molecule has 1 fully saturated rings. The van der Waals surface area contributed by atoms with Crippen LogP contribution >= 0.6 is 0 Å². The van der Waals surface area contributed by atoms with Crippen LogP contribution in [0, 0.1) is 18.3 Å². The van der Waals surface area contributed by atoms with Crippen molar-refractivity contribution in [3.05, 3.63) is 53.6 Å². The first-order valence-corrected chi connectivity index (χ1v) is 9.80. The van der Waals surface area contributed by atoms with Gasteiger partial charge in [0.1, 0.15) is 11.8 Å². The van der Waals surface area contributed by atoms with E-state index in [0.717, 1.165) is 11.3 Å². The van der Waals surface area contributed by atoms with Gasteiger partial charge in [0.25, 0.3) is 0 Å². The third kappa shape index (κ3) is 3.39. The lowest BCUT2D eigenvalue weighted by Gasteiger charge is -2.35. The minimum Gasteiger partial charge on any atom is -0.496 e. The lowest BCUT2D eigenvalue weighted by Crippen LogP contribution is -2.48. The summed E-state index contributed by atoms with van der Waals surface area (Å²) in [7, 11) is -1.98. The molecule has 2 aromatic carbocycles. The van der Waals surface area contributed by atoms with Gasteiger partial charge in [-0.1, -0.05) is 12.1 Å². The molecule has 26 heavy (non-hydrogen) atoms. The number of methoxy groups -OCH3 is 1. The van der Waals surface area contributed by atoms with Gasteiger partial charge in [0, 0.05) is 26.2 Å². The van der Waals surface area contributed by atoms with Gasteiger partial charge in [-0.15, -0.1) is 0 Å². The molecule has 136 valence electrons. The molecule has 0 radical (unpaired) electrons. The summed E-state index contributed by atoms with van der Waals surface area (Å²) in [5.74, 6) is 0.668. The summed E-state index contributed by atoms with van der Waals surface area (Å²) in [6.45, 7) is 3.69. The molecule has 6 nitrogen and oxygen atoms in total. The summed E-state index contributed by atoms with van der Waals surface area (Å²) < 4.78 is 32.5. The fourth-order valence-corrected chi connectivity index (χ4v) is 4.68. The van der Waals surface area contributed by atoms with Gasteiger partial charge in [-0.05, 0) is 42.8 Å². The van der Waals surface area contributed by atoms with Crippen LogP contribution in [0.15, 0.2) is 47.4 Å². The Kier molecular flexibility index (Phi) is 5.16. The van der Waals surface area contributed by atoms with E-state index in [-0.39, 0.29) is 4.90 Å². The van der Waals surface area contributed by atoms with E-state index in [0.29, 0.717) is 37.5 Å². The molecule has 0 unspecified atom stereocenters. The number of nitrogens with zero attached hydrogens (tertiary/aromatic N) is 3. The maximum Gasteiger partial charge on any atom is 0.243 e. The standard InChI is InChI=1S/C19H21N3O3S/c1-15-13-17(7-8-19(15)25-2)26(23,24)22-11-9-21(10-12-22)18-6-4-3-5-16(18)14-20/h3-8,13H,9-12H2,1-2H3. The second-order valence-corrected chi connectivity index (χ2v) is 8.09. The average molecular weight is 371 g/mol. The number of aryl methyl sites for hydroxylation is 1. The average Bonchev–Trinajstić information content (AvgIpc) is 2.68. The van der Waals surface area contributed by atoms with Gasteiger partial charge in [0.2, 0.25) is 10.0 Å². The fraction of sp³-hybridized carbons (Fsp3) is 0.316. The van der Waals surface area contributed by atoms with Gasteiger partial charge in [-0.25, -0.2) is 8.42 Å². The first-order valence-electron chi connectivity index (χ1n) is 8.36. The number of para-hydroxylation sites is 1. The lowest BCUT2D eigenvalue weighted by atomic mass is 10.1. The highest BCUT2D eigenvalue weighted by Crippen LogP contribution is 2.26. The van der Waals surface area contributed by atoms with Gasteiger partial charge in [0.05, 0.1) is 23.3 Å². The zero-order chi connectivity index (χ0) is 18.7. The monoisotopic (exact) mass is 371 g/mol. The van der Waals surface area contributed by atoms with Crippen molar-refractivity contribution >= 4 is 15.7 Å². The first kappa shape index (κ1) is 18.2. The number of nitriles is 1. The summed E-state index contributed by atoms with van der Waals surface area (Å²) in [5, 5.41) is 9.25. The van der Waals surface area contributed by atoms with E-state index in [1.165, 1.54) is 4.31 Å². The van der Waals surface area contributed by atoms with Gasteiger partial charge < -0.3 is 9.64 Å².